The molecule has 0 radical (unpaired) electrons. The minimum atomic E-state index is 0.0278. The molecule has 2 aliphatic heterocycles. The largest absolute Gasteiger partial charge is 0.378 e. The van der Waals surface area contributed by atoms with E-state index in [1.54, 1.807) is 0 Å². The molecule has 0 saturated carbocycles. The fourth-order valence-corrected chi connectivity index (χ4v) is 4.17. The zero-order chi connectivity index (χ0) is 19.3. The maximum absolute atomic E-state index is 12.6. The molecule has 0 spiro atoms. The van der Waals surface area contributed by atoms with Crippen LogP contribution in [0.5, 0.6) is 0 Å². The molecule has 6 heteroatoms. The molecule has 2 saturated heterocycles. The molecule has 1 N–H and O–H groups in total. The monoisotopic (exact) mass is 399 g/mol. The van der Waals surface area contributed by atoms with E-state index in [9.17, 15) is 4.79 Å². The molecular weight excluding hydrogens is 374 g/mol. The Morgan fingerprint density at radius 2 is 1.75 bits per heavy atom. The summed E-state index contributed by atoms with van der Waals surface area (Å²) in [5.74, 6) is 0.0278. The number of rotatable bonds is 5. The van der Waals surface area contributed by atoms with Crippen LogP contribution < -0.4 is 10.2 Å². The fraction of sp³-hybridized carbons (Fsp3) is 0.409. The normalized spacial score (nSPS) is 20.3. The third-order valence-corrected chi connectivity index (χ3v) is 5.74. The second-order valence-corrected chi connectivity index (χ2v) is 7.81. The number of hydrogen-bond donors (Lipinski definition) is 1. The lowest BCUT2D eigenvalue weighted by atomic mass is 10.0. The van der Waals surface area contributed by atoms with Gasteiger partial charge in [-0.25, -0.2) is 0 Å². The quantitative estimate of drug-likeness (QED) is 0.826. The molecule has 148 valence electrons. The summed E-state index contributed by atoms with van der Waals surface area (Å²) in [5.41, 5.74) is 3.23. The second-order valence-electron chi connectivity index (χ2n) is 7.37. The van der Waals surface area contributed by atoms with Gasteiger partial charge in [-0.2, -0.15) is 0 Å². The lowest BCUT2D eigenvalue weighted by Crippen LogP contribution is -2.36. The number of carbonyl (C=O) groups excluding carboxylic acids is 1. The summed E-state index contributed by atoms with van der Waals surface area (Å²) in [4.78, 5) is 17.1. The average molecular weight is 400 g/mol. The van der Waals surface area contributed by atoms with Crippen molar-refractivity contribution in [3.63, 3.8) is 0 Å². The molecule has 28 heavy (non-hydrogen) atoms. The van der Waals surface area contributed by atoms with E-state index in [2.05, 4.69) is 39.4 Å². The van der Waals surface area contributed by atoms with E-state index in [1.807, 2.05) is 24.3 Å². The van der Waals surface area contributed by atoms with Crippen LogP contribution in [-0.4, -0.2) is 50.2 Å². The average Bonchev–Trinajstić information content (AvgIpc) is 3.18. The molecule has 4 rings (SSSR count). The summed E-state index contributed by atoms with van der Waals surface area (Å²) >= 11 is 6.00. The van der Waals surface area contributed by atoms with Crippen molar-refractivity contribution in [2.24, 2.45) is 0 Å². The topological polar surface area (TPSA) is 44.8 Å². The molecule has 1 atom stereocenters. The fourth-order valence-electron chi connectivity index (χ4n) is 4.04. The number of carbonyl (C=O) groups is 1. The minimum Gasteiger partial charge on any atom is -0.378 e. The number of anilines is 2. The van der Waals surface area contributed by atoms with Crippen LogP contribution in [0.1, 0.15) is 24.4 Å². The Labute approximate surface area is 171 Å². The van der Waals surface area contributed by atoms with E-state index in [1.165, 1.54) is 11.3 Å². The van der Waals surface area contributed by atoms with Gasteiger partial charge in [-0.05, 0) is 61.3 Å². The molecular formula is C22H26ClN3O2. The van der Waals surface area contributed by atoms with E-state index < -0.39 is 0 Å². The number of benzene rings is 2. The van der Waals surface area contributed by atoms with Crippen molar-refractivity contribution >= 4 is 28.9 Å². The van der Waals surface area contributed by atoms with Gasteiger partial charge in [0.15, 0.2) is 0 Å². The van der Waals surface area contributed by atoms with Gasteiger partial charge >= 0.3 is 0 Å². The van der Waals surface area contributed by atoms with E-state index in [4.69, 9.17) is 16.3 Å². The van der Waals surface area contributed by atoms with Gasteiger partial charge in [0.05, 0.1) is 19.8 Å². The predicted octanol–water partition coefficient (Wildman–Crippen LogP) is 3.95. The number of morpholine rings is 1. The van der Waals surface area contributed by atoms with Crippen LogP contribution in [-0.2, 0) is 9.53 Å². The van der Waals surface area contributed by atoms with Gasteiger partial charge in [0.25, 0.3) is 0 Å². The summed E-state index contributed by atoms with van der Waals surface area (Å²) in [5, 5.41) is 3.78. The zero-order valence-electron chi connectivity index (χ0n) is 15.9. The molecule has 2 fully saturated rings. The molecule has 0 unspecified atom stereocenters. The molecule has 0 bridgehead atoms. The lowest BCUT2D eigenvalue weighted by molar-refractivity contribution is -0.117. The predicted molar refractivity (Wildman–Crippen MR) is 113 cm³/mol. The Morgan fingerprint density at radius 1 is 1.04 bits per heavy atom. The molecule has 0 aliphatic carbocycles. The Kier molecular flexibility index (Phi) is 6.15. The van der Waals surface area contributed by atoms with Crippen LogP contribution in [0.4, 0.5) is 11.4 Å². The first-order chi connectivity index (χ1) is 13.7. The van der Waals surface area contributed by atoms with Crippen molar-refractivity contribution in [3.8, 4) is 0 Å². The van der Waals surface area contributed by atoms with Crippen molar-refractivity contribution in [1.29, 1.82) is 0 Å². The summed E-state index contributed by atoms with van der Waals surface area (Å²) in [6, 6.07) is 16.3. The summed E-state index contributed by atoms with van der Waals surface area (Å²) in [7, 11) is 0. The van der Waals surface area contributed by atoms with E-state index in [-0.39, 0.29) is 11.9 Å². The first kappa shape index (κ1) is 19.2. The molecule has 2 aromatic carbocycles. The standard InChI is InChI=1S/C22H26ClN3O2/c23-18-5-3-17(4-6-18)21-2-1-11-26(21)16-22(27)24-19-7-9-20(10-8-19)25-12-14-28-15-13-25/h3-10,21H,1-2,11-16H2,(H,24,27)/t21-/m0/s1. The van der Waals surface area contributed by atoms with Gasteiger partial charge < -0.3 is 15.0 Å². The number of nitrogens with zero attached hydrogens (tertiary/aromatic N) is 2. The van der Waals surface area contributed by atoms with Crippen LogP contribution in [0.15, 0.2) is 48.5 Å². The van der Waals surface area contributed by atoms with E-state index >= 15 is 0 Å². The highest BCUT2D eigenvalue weighted by atomic mass is 35.5. The molecule has 5 nitrogen and oxygen atoms in total. The lowest BCUT2D eigenvalue weighted by Gasteiger charge is -2.29. The maximum atomic E-state index is 12.6. The third-order valence-electron chi connectivity index (χ3n) is 5.49. The van der Waals surface area contributed by atoms with Gasteiger partial charge in [-0.1, -0.05) is 23.7 Å². The van der Waals surface area contributed by atoms with Gasteiger partial charge in [-0.15, -0.1) is 0 Å². The van der Waals surface area contributed by atoms with E-state index in [0.717, 1.165) is 56.4 Å². The maximum Gasteiger partial charge on any atom is 0.238 e. The molecule has 0 aromatic heterocycles. The van der Waals surface area contributed by atoms with Crippen LogP contribution >= 0.6 is 11.6 Å². The smallest absolute Gasteiger partial charge is 0.238 e. The number of nitrogens with one attached hydrogen (secondary N) is 1. The van der Waals surface area contributed by atoms with Crippen LogP contribution in [0.2, 0.25) is 5.02 Å². The van der Waals surface area contributed by atoms with Crippen LogP contribution in [0.3, 0.4) is 0 Å². The summed E-state index contributed by atoms with van der Waals surface area (Å²) in [6.45, 7) is 4.70. The Morgan fingerprint density at radius 3 is 2.46 bits per heavy atom. The van der Waals surface area contributed by atoms with Gasteiger partial charge in [0, 0.05) is 35.5 Å². The number of hydrogen-bond acceptors (Lipinski definition) is 4. The zero-order valence-corrected chi connectivity index (χ0v) is 16.7. The molecule has 2 aromatic rings. The molecule has 1 amide bonds. The van der Waals surface area contributed by atoms with Crippen LogP contribution in [0, 0.1) is 0 Å². The summed E-state index contributed by atoms with van der Waals surface area (Å²) in [6.07, 6.45) is 2.18. The third kappa shape index (κ3) is 4.66. The van der Waals surface area contributed by atoms with Crippen molar-refractivity contribution in [1.82, 2.24) is 4.90 Å². The van der Waals surface area contributed by atoms with Crippen LogP contribution in [0.25, 0.3) is 0 Å². The summed E-state index contributed by atoms with van der Waals surface area (Å²) < 4.78 is 5.40. The van der Waals surface area contributed by atoms with Crippen molar-refractivity contribution in [3.05, 3.63) is 59.1 Å². The van der Waals surface area contributed by atoms with Gasteiger partial charge in [0.1, 0.15) is 0 Å². The number of likely N-dealkylation sites (tertiary alicyclic amines) is 1. The van der Waals surface area contributed by atoms with Crippen molar-refractivity contribution in [2.75, 3.05) is 49.6 Å². The van der Waals surface area contributed by atoms with E-state index in [0.29, 0.717) is 6.54 Å². The Hall–Kier alpha value is -2.08. The molecule has 2 aliphatic rings. The number of halogens is 1. The van der Waals surface area contributed by atoms with Gasteiger partial charge in [0.2, 0.25) is 5.91 Å². The first-order valence-electron chi connectivity index (χ1n) is 9.91. The SMILES string of the molecule is O=C(CN1CCC[C@H]1c1ccc(Cl)cc1)Nc1ccc(N2CCOCC2)cc1. The van der Waals surface area contributed by atoms with Crippen molar-refractivity contribution in [2.45, 2.75) is 18.9 Å². The highest BCUT2D eigenvalue weighted by Crippen LogP contribution is 2.32. The highest BCUT2D eigenvalue weighted by molar-refractivity contribution is 6.30. The number of amides is 1. The molecule has 2 heterocycles. The van der Waals surface area contributed by atoms with Gasteiger partial charge in [-0.3, -0.25) is 9.69 Å². The second kappa shape index (κ2) is 8.95. The Bertz CT molecular complexity index is 788. The van der Waals surface area contributed by atoms with Crippen molar-refractivity contribution < 1.29 is 9.53 Å². The Balaban J connectivity index is 1.34. The highest BCUT2D eigenvalue weighted by Gasteiger charge is 2.27. The number of ether oxygens (including phenoxy) is 1. The minimum absolute atomic E-state index is 0.0278. The first-order valence-corrected chi connectivity index (χ1v) is 10.3.